The van der Waals surface area contributed by atoms with Gasteiger partial charge in [-0.25, -0.2) is 4.98 Å². The molecular formula is C22H32N4O. The van der Waals surface area contributed by atoms with E-state index in [0.717, 1.165) is 50.5 Å². The van der Waals surface area contributed by atoms with Crippen molar-refractivity contribution in [2.45, 2.75) is 38.5 Å². The number of anilines is 2. The van der Waals surface area contributed by atoms with E-state index in [9.17, 15) is 0 Å². The van der Waals surface area contributed by atoms with Crippen LogP contribution in [0, 0.1) is 0 Å². The molecule has 146 valence electrons. The highest BCUT2D eigenvalue weighted by atomic mass is 16.5. The quantitative estimate of drug-likeness (QED) is 0.622. The molecule has 0 bridgehead atoms. The Morgan fingerprint density at radius 1 is 1.00 bits per heavy atom. The van der Waals surface area contributed by atoms with Crippen molar-refractivity contribution in [3.8, 4) is 5.75 Å². The number of rotatable bonds is 10. The maximum Gasteiger partial charge on any atom is 0.126 e. The lowest BCUT2D eigenvalue weighted by Gasteiger charge is -2.26. The number of hydrogen-bond acceptors (Lipinski definition) is 5. The Morgan fingerprint density at radius 2 is 1.81 bits per heavy atom. The van der Waals surface area contributed by atoms with Gasteiger partial charge in [0.15, 0.2) is 0 Å². The third kappa shape index (κ3) is 7.10. The van der Waals surface area contributed by atoms with Crippen molar-refractivity contribution in [1.82, 2.24) is 9.88 Å². The largest absolute Gasteiger partial charge is 0.494 e. The molecule has 1 aromatic heterocycles. The van der Waals surface area contributed by atoms with Gasteiger partial charge in [-0.3, -0.25) is 0 Å². The van der Waals surface area contributed by atoms with Crippen LogP contribution in [0.2, 0.25) is 0 Å². The fourth-order valence-corrected chi connectivity index (χ4v) is 3.43. The molecule has 0 unspecified atom stereocenters. The van der Waals surface area contributed by atoms with Gasteiger partial charge in [0.25, 0.3) is 0 Å². The number of nitrogens with two attached hydrogens (primary N) is 1. The summed E-state index contributed by atoms with van der Waals surface area (Å²) in [5.74, 6) is 1.85. The molecule has 0 aliphatic carbocycles. The molecule has 0 spiro atoms. The van der Waals surface area contributed by atoms with E-state index >= 15 is 0 Å². The Morgan fingerprint density at radius 3 is 2.56 bits per heavy atom. The van der Waals surface area contributed by atoms with Crippen LogP contribution in [0.4, 0.5) is 11.5 Å². The maximum absolute atomic E-state index is 5.89. The summed E-state index contributed by atoms with van der Waals surface area (Å²) in [6, 6.07) is 12.3. The first kappa shape index (κ1) is 19.5. The third-order valence-electron chi connectivity index (χ3n) is 4.99. The summed E-state index contributed by atoms with van der Waals surface area (Å²) >= 11 is 0. The second-order valence-electron chi connectivity index (χ2n) is 7.26. The topological polar surface area (TPSA) is 63.4 Å². The van der Waals surface area contributed by atoms with Crippen LogP contribution in [0.25, 0.3) is 0 Å². The second kappa shape index (κ2) is 10.8. The van der Waals surface area contributed by atoms with Crippen LogP contribution in [-0.4, -0.2) is 42.7 Å². The lowest BCUT2D eigenvalue weighted by atomic mass is 10.1. The van der Waals surface area contributed by atoms with Crippen LogP contribution in [0.5, 0.6) is 5.75 Å². The summed E-state index contributed by atoms with van der Waals surface area (Å²) in [7, 11) is 0. The Hall–Kier alpha value is -2.27. The zero-order valence-electron chi connectivity index (χ0n) is 16.2. The number of piperidine rings is 1. The van der Waals surface area contributed by atoms with E-state index in [0.29, 0.717) is 5.69 Å². The van der Waals surface area contributed by atoms with Crippen molar-refractivity contribution in [2.24, 2.45) is 0 Å². The molecule has 0 amide bonds. The van der Waals surface area contributed by atoms with Gasteiger partial charge < -0.3 is 20.7 Å². The van der Waals surface area contributed by atoms with E-state index in [4.69, 9.17) is 10.5 Å². The number of benzene rings is 1. The summed E-state index contributed by atoms with van der Waals surface area (Å²) in [6.07, 6.45) is 8.98. The van der Waals surface area contributed by atoms with Crippen LogP contribution in [0.1, 0.15) is 37.7 Å². The number of hydrogen-bond donors (Lipinski definition) is 2. The predicted molar refractivity (Wildman–Crippen MR) is 112 cm³/mol. The summed E-state index contributed by atoms with van der Waals surface area (Å²) in [6.45, 7) is 5.38. The number of pyridine rings is 1. The minimum atomic E-state index is 0.689. The summed E-state index contributed by atoms with van der Waals surface area (Å²) < 4.78 is 5.89. The van der Waals surface area contributed by atoms with Crippen molar-refractivity contribution in [3.63, 3.8) is 0 Å². The molecule has 2 aromatic rings. The van der Waals surface area contributed by atoms with Crippen molar-refractivity contribution < 1.29 is 4.74 Å². The normalized spacial score (nSPS) is 14.8. The molecule has 5 nitrogen and oxygen atoms in total. The van der Waals surface area contributed by atoms with Crippen LogP contribution in [0.3, 0.4) is 0 Å². The smallest absolute Gasteiger partial charge is 0.126 e. The van der Waals surface area contributed by atoms with Crippen LogP contribution in [0.15, 0.2) is 42.6 Å². The van der Waals surface area contributed by atoms with Gasteiger partial charge in [-0.05, 0) is 75.0 Å². The molecule has 1 aliphatic rings. The molecule has 1 fully saturated rings. The molecule has 3 rings (SSSR count). The number of aromatic nitrogens is 1. The highest BCUT2D eigenvalue weighted by Crippen LogP contribution is 2.15. The highest BCUT2D eigenvalue weighted by Gasteiger charge is 2.09. The number of ether oxygens (including phenoxy) is 1. The number of likely N-dealkylation sites (tertiary alicyclic amines) is 1. The van der Waals surface area contributed by atoms with E-state index in [1.807, 2.05) is 12.1 Å². The maximum atomic E-state index is 5.89. The molecule has 2 heterocycles. The van der Waals surface area contributed by atoms with Gasteiger partial charge in [0, 0.05) is 13.1 Å². The molecule has 0 atom stereocenters. The summed E-state index contributed by atoms with van der Waals surface area (Å²) in [4.78, 5) is 6.80. The SMILES string of the molecule is Nc1ccc(NCCCc2ccc(OCCCN3CCCCC3)cc2)nc1. The molecule has 27 heavy (non-hydrogen) atoms. The predicted octanol–water partition coefficient (Wildman–Crippen LogP) is 3.96. The molecule has 1 aromatic carbocycles. The number of aryl methyl sites for hydroxylation is 1. The number of nitrogen functional groups attached to an aromatic ring is 1. The number of nitrogens with one attached hydrogen (secondary N) is 1. The molecule has 5 heteroatoms. The molecule has 3 N–H and O–H groups in total. The summed E-state index contributed by atoms with van der Waals surface area (Å²) in [5, 5.41) is 3.32. The third-order valence-corrected chi connectivity index (χ3v) is 4.99. The average molecular weight is 369 g/mol. The molecule has 0 radical (unpaired) electrons. The first-order chi connectivity index (χ1) is 13.3. The van der Waals surface area contributed by atoms with E-state index in [1.165, 1.54) is 37.9 Å². The van der Waals surface area contributed by atoms with Crippen molar-refractivity contribution >= 4 is 11.5 Å². The zero-order chi connectivity index (χ0) is 18.7. The van der Waals surface area contributed by atoms with E-state index in [2.05, 4.69) is 39.5 Å². The van der Waals surface area contributed by atoms with Gasteiger partial charge >= 0.3 is 0 Å². The Kier molecular flexibility index (Phi) is 7.78. The molecule has 1 aliphatic heterocycles. The fraction of sp³-hybridized carbons (Fsp3) is 0.500. The van der Waals surface area contributed by atoms with Crippen LogP contribution < -0.4 is 15.8 Å². The van der Waals surface area contributed by atoms with Crippen LogP contribution >= 0.6 is 0 Å². The Labute approximate surface area is 162 Å². The van der Waals surface area contributed by atoms with Crippen molar-refractivity contribution in [1.29, 1.82) is 0 Å². The zero-order valence-corrected chi connectivity index (χ0v) is 16.2. The standard InChI is InChI=1S/C22H32N4O/c23-20-9-12-22(25-18-20)24-13-4-6-19-7-10-21(11-8-19)27-17-5-16-26-14-2-1-3-15-26/h7-12,18H,1-6,13-17,23H2,(H,24,25). The van der Waals surface area contributed by atoms with E-state index < -0.39 is 0 Å². The Balaban J connectivity index is 1.28. The average Bonchev–Trinajstić information content (AvgIpc) is 2.72. The minimum Gasteiger partial charge on any atom is -0.494 e. The molecule has 1 saturated heterocycles. The summed E-state index contributed by atoms with van der Waals surface area (Å²) in [5.41, 5.74) is 7.66. The fourth-order valence-electron chi connectivity index (χ4n) is 3.43. The second-order valence-corrected chi connectivity index (χ2v) is 7.26. The van der Waals surface area contributed by atoms with Gasteiger partial charge in [-0.1, -0.05) is 18.6 Å². The first-order valence-electron chi connectivity index (χ1n) is 10.2. The highest BCUT2D eigenvalue weighted by molar-refractivity contribution is 5.43. The van der Waals surface area contributed by atoms with Crippen molar-refractivity contribution in [3.05, 3.63) is 48.2 Å². The lowest BCUT2D eigenvalue weighted by Crippen LogP contribution is -2.31. The van der Waals surface area contributed by atoms with Gasteiger partial charge in [-0.15, -0.1) is 0 Å². The lowest BCUT2D eigenvalue weighted by molar-refractivity contribution is 0.205. The van der Waals surface area contributed by atoms with Gasteiger partial charge in [-0.2, -0.15) is 0 Å². The molecule has 0 saturated carbocycles. The Bertz CT molecular complexity index is 651. The molecular weight excluding hydrogens is 336 g/mol. The minimum absolute atomic E-state index is 0.689. The van der Waals surface area contributed by atoms with E-state index in [-0.39, 0.29) is 0 Å². The van der Waals surface area contributed by atoms with Gasteiger partial charge in [0.05, 0.1) is 18.5 Å². The number of nitrogens with zero attached hydrogens (tertiary/aromatic N) is 2. The van der Waals surface area contributed by atoms with Crippen LogP contribution in [-0.2, 0) is 6.42 Å². The van der Waals surface area contributed by atoms with Gasteiger partial charge in [0.2, 0.25) is 0 Å². The van der Waals surface area contributed by atoms with Gasteiger partial charge in [0.1, 0.15) is 11.6 Å². The monoisotopic (exact) mass is 368 g/mol. The first-order valence-corrected chi connectivity index (χ1v) is 10.2. The van der Waals surface area contributed by atoms with E-state index in [1.54, 1.807) is 6.20 Å². The van der Waals surface area contributed by atoms with Crippen molar-refractivity contribution in [2.75, 3.05) is 43.8 Å².